The van der Waals surface area contributed by atoms with Crippen molar-refractivity contribution in [1.29, 1.82) is 0 Å². The first-order valence-electron chi connectivity index (χ1n) is 11.1. The van der Waals surface area contributed by atoms with E-state index in [9.17, 15) is 4.79 Å². The van der Waals surface area contributed by atoms with E-state index in [0.29, 0.717) is 0 Å². The van der Waals surface area contributed by atoms with Gasteiger partial charge in [0.2, 0.25) is 0 Å². The van der Waals surface area contributed by atoms with Crippen LogP contribution in [0.25, 0.3) is 10.8 Å². The minimum atomic E-state index is 0.0249. The molecule has 2 heterocycles. The van der Waals surface area contributed by atoms with Crippen LogP contribution in [0.5, 0.6) is 0 Å². The van der Waals surface area contributed by atoms with Crippen LogP contribution in [0.1, 0.15) is 5.56 Å². The summed E-state index contributed by atoms with van der Waals surface area (Å²) >= 11 is 0. The molecule has 5 aromatic rings. The minimum absolute atomic E-state index is 0.0249. The first kappa shape index (κ1) is 19.4. The maximum absolute atomic E-state index is 12.7. The molecule has 0 amide bonds. The highest BCUT2D eigenvalue weighted by Gasteiger charge is 2.30. The van der Waals surface area contributed by atoms with Crippen LogP contribution in [0.4, 0.5) is 34.1 Å². The highest BCUT2D eigenvalue weighted by Crippen LogP contribution is 2.53. The first-order valence-corrected chi connectivity index (χ1v) is 11.1. The molecule has 4 aromatic carbocycles. The van der Waals surface area contributed by atoms with Gasteiger partial charge in [-0.25, -0.2) is 0 Å². The van der Waals surface area contributed by atoms with Gasteiger partial charge in [0.25, 0.3) is 5.56 Å². The van der Waals surface area contributed by atoms with Crippen molar-refractivity contribution in [2.24, 2.45) is 7.05 Å². The Morgan fingerprint density at radius 2 is 1.09 bits per heavy atom. The van der Waals surface area contributed by atoms with Crippen LogP contribution in [0.15, 0.2) is 108 Å². The van der Waals surface area contributed by atoms with E-state index < -0.39 is 0 Å². The van der Waals surface area contributed by atoms with Gasteiger partial charge in [0.1, 0.15) is 0 Å². The van der Waals surface area contributed by atoms with Crippen LogP contribution in [0, 0.1) is 6.92 Å². The molecule has 6 rings (SSSR count). The number of benzene rings is 4. The Balaban J connectivity index is 1.62. The second-order valence-corrected chi connectivity index (χ2v) is 8.44. The summed E-state index contributed by atoms with van der Waals surface area (Å²) in [6, 6.07) is 33.5. The Morgan fingerprint density at radius 3 is 1.67 bits per heavy atom. The number of aromatic nitrogens is 1. The Bertz CT molecular complexity index is 1520. The van der Waals surface area contributed by atoms with E-state index in [4.69, 9.17) is 0 Å². The largest absolute Gasteiger partial charge is 0.318 e. The van der Waals surface area contributed by atoms with Gasteiger partial charge in [0, 0.05) is 30.0 Å². The summed E-state index contributed by atoms with van der Waals surface area (Å²) in [6.07, 6.45) is 1.91. The number of rotatable bonds is 2. The fraction of sp³-hybridized carbons (Fsp3) is 0.0690. The van der Waals surface area contributed by atoms with Crippen LogP contribution in [0.3, 0.4) is 0 Å². The third-order valence-corrected chi connectivity index (χ3v) is 6.37. The van der Waals surface area contributed by atoms with Gasteiger partial charge in [-0.3, -0.25) is 4.79 Å². The first-order chi connectivity index (χ1) is 16.1. The van der Waals surface area contributed by atoms with E-state index >= 15 is 0 Å². The lowest BCUT2D eigenvalue weighted by molar-refractivity contribution is 0.866. The highest BCUT2D eigenvalue weighted by atomic mass is 16.1. The number of anilines is 6. The van der Waals surface area contributed by atoms with Crippen molar-refractivity contribution >= 4 is 44.9 Å². The lowest BCUT2D eigenvalue weighted by atomic mass is 10.0. The smallest absolute Gasteiger partial charge is 0.258 e. The van der Waals surface area contributed by atoms with Gasteiger partial charge >= 0.3 is 0 Å². The van der Waals surface area contributed by atoms with Crippen molar-refractivity contribution < 1.29 is 0 Å². The number of para-hydroxylation sites is 5. The third-order valence-electron chi connectivity index (χ3n) is 6.37. The molecule has 1 aliphatic heterocycles. The van der Waals surface area contributed by atoms with Gasteiger partial charge < -0.3 is 14.4 Å². The highest BCUT2D eigenvalue weighted by molar-refractivity contribution is 6.02. The Morgan fingerprint density at radius 1 is 0.576 bits per heavy atom. The summed E-state index contributed by atoms with van der Waals surface area (Å²) in [4.78, 5) is 17.3. The molecule has 0 N–H and O–H groups in total. The molecular weight excluding hydrogens is 406 g/mol. The predicted molar refractivity (Wildman–Crippen MR) is 137 cm³/mol. The summed E-state index contributed by atoms with van der Waals surface area (Å²) in [5, 5.41) is 1.72. The number of nitrogens with zero attached hydrogens (tertiary/aromatic N) is 3. The Labute approximate surface area is 192 Å². The summed E-state index contributed by atoms with van der Waals surface area (Å²) < 4.78 is 1.65. The second-order valence-electron chi connectivity index (χ2n) is 8.44. The zero-order chi connectivity index (χ0) is 22.5. The van der Waals surface area contributed by atoms with Crippen molar-refractivity contribution in [3.8, 4) is 0 Å². The van der Waals surface area contributed by atoms with E-state index in [0.717, 1.165) is 50.5 Å². The number of pyridine rings is 1. The fourth-order valence-electron chi connectivity index (χ4n) is 4.87. The summed E-state index contributed by atoms with van der Waals surface area (Å²) in [5.41, 5.74) is 7.69. The average molecular weight is 430 g/mol. The molecule has 160 valence electrons. The van der Waals surface area contributed by atoms with Crippen molar-refractivity contribution in [3.05, 3.63) is 119 Å². The molecule has 1 aliphatic rings. The number of fused-ring (bicyclic) bond motifs is 3. The van der Waals surface area contributed by atoms with Crippen LogP contribution in [0.2, 0.25) is 0 Å². The summed E-state index contributed by atoms with van der Waals surface area (Å²) in [6.45, 7) is 2.06. The van der Waals surface area contributed by atoms with Crippen molar-refractivity contribution in [2.45, 2.75) is 6.92 Å². The SMILES string of the molecule is Cc1cn(C)c(=O)c2ccc(N3c4ccccc4N(c4ccccc4)c4ccccc43)cc12. The molecule has 0 fully saturated rings. The second kappa shape index (κ2) is 7.38. The summed E-state index contributed by atoms with van der Waals surface area (Å²) in [5.74, 6) is 0. The molecule has 4 heteroatoms. The fourth-order valence-corrected chi connectivity index (χ4v) is 4.87. The van der Waals surface area contributed by atoms with Gasteiger partial charge in [0.15, 0.2) is 0 Å². The molecule has 4 nitrogen and oxygen atoms in total. The third kappa shape index (κ3) is 2.95. The minimum Gasteiger partial charge on any atom is -0.318 e. The molecule has 0 bridgehead atoms. The lowest BCUT2D eigenvalue weighted by Gasteiger charge is -2.40. The monoisotopic (exact) mass is 429 g/mol. The standard InChI is InChI=1S/C29H23N3O/c1-20-19-30(2)29(33)23-17-16-22(18-24(20)23)32-27-14-8-6-12-25(27)31(21-10-4-3-5-11-21)26-13-7-9-15-28(26)32/h3-19H,1-2H3. The number of aryl methyl sites for hydroxylation is 2. The van der Waals surface area contributed by atoms with E-state index in [-0.39, 0.29) is 5.56 Å². The van der Waals surface area contributed by atoms with Crippen LogP contribution >= 0.6 is 0 Å². The summed E-state index contributed by atoms with van der Waals surface area (Å²) in [7, 11) is 1.80. The normalized spacial score (nSPS) is 12.5. The zero-order valence-electron chi connectivity index (χ0n) is 18.6. The van der Waals surface area contributed by atoms with Crippen molar-refractivity contribution in [2.75, 3.05) is 9.80 Å². The van der Waals surface area contributed by atoms with Crippen molar-refractivity contribution in [1.82, 2.24) is 4.57 Å². The molecule has 0 aliphatic carbocycles. The molecule has 0 radical (unpaired) electrons. The molecular formula is C29H23N3O. The zero-order valence-corrected chi connectivity index (χ0v) is 18.6. The van der Waals surface area contributed by atoms with E-state index in [1.807, 2.05) is 18.3 Å². The predicted octanol–water partition coefficient (Wildman–Crippen LogP) is 7.10. The molecule has 0 saturated heterocycles. The maximum atomic E-state index is 12.7. The van der Waals surface area contributed by atoms with Gasteiger partial charge in [-0.15, -0.1) is 0 Å². The maximum Gasteiger partial charge on any atom is 0.258 e. The van der Waals surface area contributed by atoms with Gasteiger partial charge in [-0.1, -0.05) is 42.5 Å². The Hall–Kier alpha value is -4.31. The van der Waals surface area contributed by atoms with Crippen LogP contribution in [-0.4, -0.2) is 4.57 Å². The van der Waals surface area contributed by atoms with Crippen LogP contribution in [-0.2, 0) is 7.05 Å². The van der Waals surface area contributed by atoms with Crippen molar-refractivity contribution in [3.63, 3.8) is 0 Å². The van der Waals surface area contributed by atoms with E-state index in [1.165, 1.54) is 0 Å². The molecule has 1 aromatic heterocycles. The van der Waals surface area contributed by atoms with Gasteiger partial charge in [0.05, 0.1) is 22.7 Å². The molecule has 0 atom stereocenters. The lowest BCUT2D eigenvalue weighted by Crippen LogP contribution is -2.24. The number of hydrogen-bond acceptors (Lipinski definition) is 3. The quantitative estimate of drug-likeness (QED) is 0.294. The molecule has 33 heavy (non-hydrogen) atoms. The van der Waals surface area contributed by atoms with E-state index in [2.05, 4.69) is 102 Å². The average Bonchev–Trinajstić information content (AvgIpc) is 2.86. The topological polar surface area (TPSA) is 28.5 Å². The van der Waals surface area contributed by atoms with Gasteiger partial charge in [-0.2, -0.15) is 0 Å². The molecule has 0 unspecified atom stereocenters. The van der Waals surface area contributed by atoms with Crippen LogP contribution < -0.4 is 15.4 Å². The number of hydrogen-bond donors (Lipinski definition) is 0. The molecule has 0 saturated carbocycles. The molecule has 0 spiro atoms. The van der Waals surface area contributed by atoms with E-state index in [1.54, 1.807) is 11.6 Å². The Kier molecular flexibility index (Phi) is 4.34. The van der Waals surface area contributed by atoms with Gasteiger partial charge in [-0.05, 0) is 72.5 Å².